The van der Waals surface area contributed by atoms with Gasteiger partial charge in [0.1, 0.15) is 11.9 Å². The van der Waals surface area contributed by atoms with Crippen LogP contribution in [0.3, 0.4) is 0 Å². The van der Waals surface area contributed by atoms with Gasteiger partial charge in [-0.3, -0.25) is 0 Å². The second-order valence-electron chi connectivity index (χ2n) is 3.48. The first-order valence-corrected chi connectivity index (χ1v) is 5.73. The molecular weight excluding hydrogens is 280 g/mol. The normalized spacial score (nSPS) is 9.71. The Labute approximate surface area is 107 Å². The van der Waals surface area contributed by atoms with Crippen LogP contribution in [0.1, 0.15) is 11.3 Å². The topological polar surface area (TPSA) is 61.6 Å². The van der Waals surface area contributed by atoms with Gasteiger partial charge in [0.05, 0.1) is 12.4 Å². The predicted molar refractivity (Wildman–Crippen MR) is 68.9 cm³/mol. The minimum absolute atomic E-state index is 0.307. The number of anilines is 2. The van der Waals surface area contributed by atoms with Gasteiger partial charge < -0.3 is 5.32 Å². The summed E-state index contributed by atoms with van der Waals surface area (Å²) in [4.78, 5) is 8.05. The summed E-state index contributed by atoms with van der Waals surface area (Å²) in [5, 5.41) is 11.8. The van der Waals surface area contributed by atoms with Gasteiger partial charge in [0.15, 0.2) is 5.69 Å². The van der Waals surface area contributed by atoms with Gasteiger partial charge in [0.2, 0.25) is 0 Å². The van der Waals surface area contributed by atoms with Crippen molar-refractivity contribution < 1.29 is 0 Å². The van der Waals surface area contributed by atoms with Crippen LogP contribution in [-0.2, 0) is 0 Å². The zero-order valence-electron chi connectivity index (χ0n) is 9.11. The van der Waals surface area contributed by atoms with E-state index >= 15 is 0 Å². The van der Waals surface area contributed by atoms with Crippen molar-refractivity contribution in [3.8, 4) is 6.07 Å². The van der Waals surface area contributed by atoms with E-state index in [2.05, 4.69) is 31.2 Å². The zero-order valence-corrected chi connectivity index (χ0v) is 10.7. The second kappa shape index (κ2) is 4.93. The van der Waals surface area contributed by atoms with Crippen LogP contribution in [0.4, 0.5) is 11.5 Å². The average molecular weight is 289 g/mol. The first-order valence-electron chi connectivity index (χ1n) is 4.94. The molecule has 0 saturated carbocycles. The molecule has 0 atom stereocenters. The smallest absolute Gasteiger partial charge is 0.158 e. The highest BCUT2D eigenvalue weighted by molar-refractivity contribution is 9.10. The summed E-state index contributed by atoms with van der Waals surface area (Å²) in [6.07, 6.45) is 2.98. The van der Waals surface area contributed by atoms with E-state index in [1.165, 1.54) is 6.20 Å². The Bertz CT molecular complexity index is 572. The van der Waals surface area contributed by atoms with Gasteiger partial charge in [0.25, 0.3) is 0 Å². The molecular formula is C12H9BrN4. The summed E-state index contributed by atoms with van der Waals surface area (Å²) in [5.74, 6) is 0.616. The molecule has 0 bridgehead atoms. The fraction of sp³-hybridized carbons (Fsp3) is 0.0833. The third-order valence-electron chi connectivity index (χ3n) is 2.23. The monoisotopic (exact) mass is 288 g/mol. The number of nitriles is 1. The van der Waals surface area contributed by atoms with Crippen molar-refractivity contribution in [3.63, 3.8) is 0 Å². The Balaban J connectivity index is 2.25. The number of nitrogens with zero attached hydrogens (tertiary/aromatic N) is 3. The number of aryl methyl sites for hydroxylation is 1. The molecule has 0 radical (unpaired) electrons. The van der Waals surface area contributed by atoms with Crippen molar-refractivity contribution in [2.45, 2.75) is 6.92 Å². The Morgan fingerprint density at radius 3 is 2.76 bits per heavy atom. The molecule has 0 aliphatic heterocycles. The minimum atomic E-state index is 0.307. The molecule has 84 valence electrons. The van der Waals surface area contributed by atoms with E-state index in [1.807, 2.05) is 31.2 Å². The molecule has 4 nitrogen and oxygen atoms in total. The number of halogens is 1. The Kier molecular flexibility index (Phi) is 3.35. The van der Waals surface area contributed by atoms with Crippen molar-refractivity contribution in [1.82, 2.24) is 9.97 Å². The molecule has 1 aromatic carbocycles. The van der Waals surface area contributed by atoms with Gasteiger partial charge in [-0.2, -0.15) is 5.26 Å². The lowest BCUT2D eigenvalue weighted by atomic mass is 10.2. The number of hydrogen-bond donors (Lipinski definition) is 1. The zero-order chi connectivity index (χ0) is 12.3. The summed E-state index contributed by atoms with van der Waals surface area (Å²) >= 11 is 3.41. The van der Waals surface area contributed by atoms with Crippen LogP contribution in [0.5, 0.6) is 0 Å². The van der Waals surface area contributed by atoms with Crippen LogP contribution in [0, 0.1) is 18.3 Å². The number of rotatable bonds is 2. The molecule has 0 aliphatic carbocycles. The van der Waals surface area contributed by atoms with Crippen molar-refractivity contribution in [2.24, 2.45) is 0 Å². The van der Waals surface area contributed by atoms with Gasteiger partial charge in [0, 0.05) is 10.2 Å². The molecule has 1 heterocycles. The van der Waals surface area contributed by atoms with Gasteiger partial charge >= 0.3 is 0 Å². The molecule has 17 heavy (non-hydrogen) atoms. The lowest BCUT2D eigenvalue weighted by Gasteiger charge is -2.08. The van der Waals surface area contributed by atoms with E-state index in [0.717, 1.165) is 15.7 Å². The number of nitrogens with one attached hydrogen (secondary N) is 1. The molecule has 0 amide bonds. The Hall–Kier alpha value is -1.93. The number of hydrogen-bond acceptors (Lipinski definition) is 4. The quantitative estimate of drug-likeness (QED) is 0.922. The van der Waals surface area contributed by atoms with E-state index in [4.69, 9.17) is 5.26 Å². The SMILES string of the molecule is Cc1ccc(Br)cc1Nc1cnc(C#N)cn1. The van der Waals surface area contributed by atoms with Crippen molar-refractivity contribution in [2.75, 3.05) is 5.32 Å². The van der Waals surface area contributed by atoms with Crippen molar-refractivity contribution in [3.05, 3.63) is 46.3 Å². The van der Waals surface area contributed by atoms with E-state index in [1.54, 1.807) is 6.20 Å². The average Bonchev–Trinajstić information content (AvgIpc) is 2.35. The Morgan fingerprint density at radius 2 is 2.12 bits per heavy atom. The maximum Gasteiger partial charge on any atom is 0.158 e. The van der Waals surface area contributed by atoms with Crippen LogP contribution >= 0.6 is 15.9 Å². The molecule has 0 saturated heterocycles. The molecule has 2 rings (SSSR count). The lowest BCUT2D eigenvalue weighted by molar-refractivity contribution is 1.16. The van der Waals surface area contributed by atoms with Crippen LogP contribution in [-0.4, -0.2) is 9.97 Å². The molecule has 5 heteroatoms. The fourth-order valence-corrected chi connectivity index (χ4v) is 1.68. The number of benzene rings is 1. The molecule has 1 N–H and O–H groups in total. The van der Waals surface area contributed by atoms with E-state index in [9.17, 15) is 0 Å². The van der Waals surface area contributed by atoms with E-state index < -0.39 is 0 Å². The summed E-state index contributed by atoms with van der Waals surface area (Å²) < 4.78 is 0.993. The number of aromatic nitrogens is 2. The molecule has 0 unspecified atom stereocenters. The van der Waals surface area contributed by atoms with Gasteiger partial charge in [-0.15, -0.1) is 0 Å². The van der Waals surface area contributed by atoms with Crippen LogP contribution in [0.15, 0.2) is 35.1 Å². The third kappa shape index (κ3) is 2.80. The fourth-order valence-electron chi connectivity index (χ4n) is 1.32. The molecule has 0 fully saturated rings. The molecule has 2 aromatic rings. The van der Waals surface area contributed by atoms with Crippen molar-refractivity contribution in [1.29, 1.82) is 5.26 Å². The maximum absolute atomic E-state index is 8.62. The highest BCUT2D eigenvalue weighted by Crippen LogP contribution is 2.23. The van der Waals surface area contributed by atoms with E-state index in [-0.39, 0.29) is 0 Å². The summed E-state index contributed by atoms with van der Waals surface area (Å²) in [6.45, 7) is 2.01. The molecule has 0 spiro atoms. The van der Waals surface area contributed by atoms with Gasteiger partial charge in [-0.1, -0.05) is 22.0 Å². The lowest BCUT2D eigenvalue weighted by Crippen LogP contribution is -1.97. The summed E-state index contributed by atoms with van der Waals surface area (Å²) in [5.41, 5.74) is 2.37. The van der Waals surface area contributed by atoms with Crippen LogP contribution < -0.4 is 5.32 Å². The first kappa shape index (κ1) is 11.6. The van der Waals surface area contributed by atoms with Crippen molar-refractivity contribution >= 4 is 27.4 Å². The van der Waals surface area contributed by atoms with Crippen LogP contribution in [0.2, 0.25) is 0 Å². The van der Waals surface area contributed by atoms with Gasteiger partial charge in [-0.25, -0.2) is 9.97 Å². The third-order valence-corrected chi connectivity index (χ3v) is 2.72. The standard InChI is InChI=1S/C12H9BrN4/c1-8-2-3-9(13)4-11(8)17-12-7-15-10(5-14)6-16-12/h2-4,6-7H,1H3,(H,16,17). The molecule has 0 aliphatic rings. The predicted octanol–water partition coefficient (Wildman–Crippen LogP) is 3.16. The summed E-state index contributed by atoms with van der Waals surface area (Å²) in [7, 11) is 0. The van der Waals surface area contributed by atoms with Gasteiger partial charge in [-0.05, 0) is 24.6 Å². The van der Waals surface area contributed by atoms with Crippen LogP contribution in [0.25, 0.3) is 0 Å². The highest BCUT2D eigenvalue weighted by atomic mass is 79.9. The maximum atomic E-state index is 8.62. The Morgan fingerprint density at radius 1 is 1.29 bits per heavy atom. The minimum Gasteiger partial charge on any atom is -0.339 e. The first-order chi connectivity index (χ1) is 8.19. The largest absolute Gasteiger partial charge is 0.339 e. The van der Waals surface area contributed by atoms with E-state index in [0.29, 0.717) is 11.5 Å². The second-order valence-corrected chi connectivity index (χ2v) is 4.40. The molecule has 1 aromatic heterocycles. The summed E-state index contributed by atoms with van der Waals surface area (Å²) in [6, 6.07) is 7.88. The highest BCUT2D eigenvalue weighted by Gasteiger charge is 2.01.